The molecular weight excluding hydrogens is 611 g/mol. The summed E-state index contributed by atoms with van der Waals surface area (Å²) in [6, 6.07) is 42.3. The molecular formula is C28H26N2S4Sn. The summed E-state index contributed by atoms with van der Waals surface area (Å²) in [7, 11) is 3.67. The second-order valence-corrected chi connectivity index (χ2v) is 30.6. The van der Waals surface area contributed by atoms with E-state index in [2.05, 4.69) is 120 Å². The van der Waals surface area contributed by atoms with Crippen LogP contribution in [0.4, 0.5) is 0 Å². The van der Waals surface area contributed by atoms with Gasteiger partial charge in [0.2, 0.25) is 0 Å². The fourth-order valence-corrected chi connectivity index (χ4v) is 34.7. The van der Waals surface area contributed by atoms with Crippen molar-refractivity contribution in [2.45, 2.75) is 13.1 Å². The molecule has 0 heterocycles. The number of nitrogens with one attached hydrogen (secondary N) is 2. The zero-order valence-electron chi connectivity index (χ0n) is 19.1. The second-order valence-electron chi connectivity index (χ2n) is 7.81. The third-order valence-electron chi connectivity index (χ3n) is 5.34. The van der Waals surface area contributed by atoms with E-state index in [1.807, 2.05) is 30.0 Å². The molecule has 176 valence electrons. The van der Waals surface area contributed by atoms with Gasteiger partial charge in [-0.05, 0) is 0 Å². The summed E-state index contributed by atoms with van der Waals surface area (Å²) >= 11 is 8.31. The Hall–Kier alpha value is -1.84. The fraction of sp³-hybridized carbons (Fsp3) is 0.0714. The van der Waals surface area contributed by atoms with Crippen LogP contribution in [-0.4, -0.2) is 24.3 Å². The SMILES string of the molecule is S=C(NCc1ccccc1)[S][Sn]([S]C(=S)NCc1ccccc1)([c]1ccccc1)[c]1ccccc1. The number of rotatable bonds is 8. The van der Waals surface area contributed by atoms with Gasteiger partial charge in [0.1, 0.15) is 0 Å². The van der Waals surface area contributed by atoms with Crippen LogP contribution in [-0.2, 0) is 13.1 Å². The first-order valence-electron chi connectivity index (χ1n) is 11.3. The molecule has 35 heavy (non-hydrogen) atoms. The third kappa shape index (κ3) is 7.57. The van der Waals surface area contributed by atoms with E-state index in [1.165, 1.54) is 18.3 Å². The van der Waals surface area contributed by atoms with Crippen LogP contribution in [0.2, 0.25) is 0 Å². The predicted octanol–water partition coefficient (Wildman–Crippen LogP) is 5.86. The molecule has 0 aliphatic rings. The Labute approximate surface area is 228 Å². The number of hydrogen-bond donors (Lipinski definition) is 2. The van der Waals surface area contributed by atoms with Gasteiger partial charge in [0, 0.05) is 0 Å². The predicted molar refractivity (Wildman–Crippen MR) is 165 cm³/mol. The quantitative estimate of drug-likeness (QED) is 0.186. The van der Waals surface area contributed by atoms with Crippen molar-refractivity contribution in [1.82, 2.24) is 10.6 Å². The standard InChI is InChI=1S/2C8H9NS2.2C6H5.Sn/c2*10-8(11)9-6-7-4-2-1-3-5-7;2*1-2-4-6-5-3-1;/h2*1-5H,6H2,(H2,9,10,11);2*1-5H;/q;;;;+2/p-2. The van der Waals surface area contributed by atoms with Crippen LogP contribution < -0.4 is 17.8 Å². The van der Waals surface area contributed by atoms with Crippen molar-refractivity contribution in [3.63, 3.8) is 0 Å². The van der Waals surface area contributed by atoms with Gasteiger partial charge in [0.05, 0.1) is 0 Å². The Bertz CT molecular complexity index is 1120. The van der Waals surface area contributed by atoms with Crippen molar-refractivity contribution >= 4 is 73.7 Å². The van der Waals surface area contributed by atoms with Crippen molar-refractivity contribution in [2.24, 2.45) is 0 Å². The van der Waals surface area contributed by atoms with Gasteiger partial charge in [-0.15, -0.1) is 0 Å². The third-order valence-corrected chi connectivity index (χ3v) is 34.2. The molecule has 0 unspecified atom stereocenters. The molecule has 0 spiro atoms. The van der Waals surface area contributed by atoms with E-state index in [4.69, 9.17) is 24.4 Å². The molecule has 4 rings (SSSR count). The maximum absolute atomic E-state index is 5.92. The fourth-order valence-electron chi connectivity index (χ4n) is 3.61. The van der Waals surface area contributed by atoms with Gasteiger partial charge in [-0.3, -0.25) is 0 Å². The maximum atomic E-state index is 5.92. The van der Waals surface area contributed by atoms with E-state index in [1.54, 1.807) is 0 Å². The molecule has 2 nitrogen and oxygen atoms in total. The van der Waals surface area contributed by atoms with Gasteiger partial charge < -0.3 is 0 Å². The molecule has 0 amide bonds. The molecule has 4 aromatic carbocycles. The van der Waals surface area contributed by atoms with E-state index in [-0.39, 0.29) is 0 Å². The van der Waals surface area contributed by atoms with Gasteiger partial charge in [-0.1, -0.05) is 0 Å². The summed E-state index contributed by atoms with van der Waals surface area (Å²) in [6.45, 7) is 1.42. The molecule has 7 heteroatoms. The van der Waals surface area contributed by atoms with Gasteiger partial charge in [-0.2, -0.15) is 0 Å². The second kappa shape index (κ2) is 13.5. The average Bonchev–Trinajstić information content (AvgIpc) is 2.92. The van der Waals surface area contributed by atoms with Crippen molar-refractivity contribution in [3.8, 4) is 0 Å². The minimum absolute atomic E-state index is 0.708. The van der Waals surface area contributed by atoms with Crippen molar-refractivity contribution < 1.29 is 0 Å². The Morgan fingerprint density at radius 3 is 1.17 bits per heavy atom. The molecule has 0 saturated carbocycles. The topological polar surface area (TPSA) is 24.1 Å². The Morgan fingerprint density at radius 1 is 0.514 bits per heavy atom. The van der Waals surface area contributed by atoms with Crippen LogP contribution in [0.3, 0.4) is 0 Å². The number of hydrogen-bond acceptors (Lipinski definition) is 4. The monoisotopic (exact) mass is 638 g/mol. The van der Waals surface area contributed by atoms with E-state index in [9.17, 15) is 0 Å². The van der Waals surface area contributed by atoms with Crippen LogP contribution in [0, 0.1) is 0 Å². The van der Waals surface area contributed by atoms with Crippen LogP contribution in [0.5, 0.6) is 0 Å². The van der Waals surface area contributed by atoms with Crippen LogP contribution in [0.15, 0.2) is 121 Å². The summed E-state index contributed by atoms with van der Waals surface area (Å²) in [6.07, 6.45) is 0. The molecule has 0 aliphatic heterocycles. The van der Waals surface area contributed by atoms with Crippen LogP contribution in [0.1, 0.15) is 11.1 Å². The van der Waals surface area contributed by atoms with Crippen LogP contribution in [0.25, 0.3) is 0 Å². The van der Waals surface area contributed by atoms with Gasteiger partial charge >= 0.3 is 230 Å². The minimum atomic E-state index is -3.53. The van der Waals surface area contributed by atoms with Gasteiger partial charge in [-0.25, -0.2) is 0 Å². The Balaban J connectivity index is 1.61. The summed E-state index contributed by atoms with van der Waals surface area (Å²) in [5, 5.41) is 6.99. The van der Waals surface area contributed by atoms with Crippen molar-refractivity contribution in [3.05, 3.63) is 132 Å². The number of thiocarbonyl (C=S) groups is 2. The first kappa shape index (κ1) is 26.2. The van der Waals surface area contributed by atoms with E-state index in [0.29, 0.717) is 13.1 Å². The average molecular weight is 638 g/mol. The molecule has 0 saturated heterocycles. The molecule has 0 aromatic heterocycles. The van der Waals surface area contributed by atoms with Crippen LogP contribution >= 0.6 is 42.3 Å². The van der Waals surface area contributed by atoms with Crippen molar-refractivity contribution in [1.29, 1.82) is 0 Å². The van der Waals surface area contributed by atoms with E-state index >= 15 is 0 Å². The Morgan fingerprint density at radius 2 is 0.829 bits per heavy atom. The molecule has 2 N–H and O–H groups in total. The first-order chi connectivity index (χ1) is 17.2. The normalized spacial score (nSPS) is 11.0. The van der Waals surface area contributed by atoms with E-state index < -0.39 is 15.6 Å². The summed E-state index contributed by atoms with van der Waals surface area (Å²) in [5.41, 5.74) is 2.42. The molecule has 0 bridgehead atoms. The Kier molecular flexibility index (Phi) is 10.1. The van der Waals surface area contributed by atoms with Gasteiger partial charge in [0.25, 0.3) is 0 Å². The molecule has 4 aromatic rings. The number of benzene rings is 4. The molecule has 0 radical (unpaired) electrons. The van der Waals surface area contributed by atoms with Crippen molar-refractivity contribution in [2.75, 3.05) is 0 Å². The van der Waals surface area contributed by atoms with E-state index in [0.717, 1.165) is 8.64 Å². The summed E-state index contributed by atoms with van der Waals surface area (Å²) < 4.78 is 4.32. The zero-order chi connectivity index (χ0) is 24.3. The first-order valence-corrected chi connectivity index (χ1v) is 23.6. The molecule has 0 atom stereocenters. The zero-order valence-corrected chi connectivity index (χ0v) is 25.2. The molecule has 0 aliphatic carbocycles. The van der Waals surface area contributed by atoms with Gasteiger partial charge in [0.15, 0.2) is 0 Å². The summed E-state index contributed by atoms with van der Waals surface area (Å²) in [5.74, 6) is 0. The molecule has 0 fully saturated rings. The summed E-state index contributed by atoms with van der Waals surface area (Å²) in [4.78, 5) is 0.